The fourth-order valence-electron chi connectivity index (χ4n) is 3.85. The molecule has 0 N–H and O–H groups in total. The quantitative estimate of drug-likeness (QED) is 0.550. The predicted molar refractivity (Wildman–Crippen MR) is 88.1 cm³/mol. The van der Waals surface area contributed by atoms with E-state index >= 15 is 0 Å². The van der Waals surface area contributed by atoms with E-state index in [1.165, 1.54) is 37.9 Å². The maximum atomic E-state index is 2.45. The van der Waals surface area contributed by atoms with Gasteiger partial charge in [-0.15, -0.1) is 0 Å². The van der Waals surface area contributed by atoms with E-state index in [0.29, 0.717) is 0 Å². The van der Waals surface area contributed by atoms with Crippen molar-refractivity contribution in [1.82, 2.24) is 0 Å². The summed E-state index contributed by atoms with van der Waals surface area (Å²) in [4.78, 5) is 0. The molecule has 0 spiro atoms. The van der Waals surface area contributed by atoms with E-state index in [9.17, 15) is 0 Å². The number of rotatable bonds is 0. The maximum absolute atomic E-state index is 2.45. The monoisotopic (exact) mass is 260 g/mol. The summed E-state index contributed by atoms with van der Waals surface area (Å²) in [6, 6.07) is 11.5. The van der Waals surface area contributed by atoms with E-state index < -0.39 is 0 Å². The first-order chi connectivity index (χ1) is 9.46. The summed E-state index contributed by atoms with van der Waals surface area (Å²) in [7, 11) is 0. The topological polar surface area (TPSA) is 0 Å². The van der Waals surface area contributed by atoms with Gasteiger partial charge in [0.05, 0.1) is 0 Å². The molecule has 0 saturated heterocycles. The standard InChI is InChI=1S/C20H20/c1-12-5-6-14-7-8-15-10-20(3,4)11-17-13(2)9-16(12)18(14)19(15)17/h5-10H,11H2,1-4H3. The summed E-state index contributed by atoms with van der Waals surface area (Å²) >= 11 is 0. The highest BCUT2D eigenvalue weighted by Gasteiger charge is 2.24. The fourth-order valence-corrected chi connectivity index (χ4v) is 3.85. The van der Waals surface area contributed by atoms with Gasteiger partial charge >= 0.3 is 0 Å². The Morgan fingerprint density at radius 2 is 1.65 bits per heavy atom. The predicted octanol–water partition coefficient (Wildman–Crippen LogP) is 4.69. The molecule has 0 aliphatic heterocycles. The molecule has 0 heterocycles. The SMILES string of the molecule is Cc1cc2c(C)ccc3ccc4c(c1CC(C)(C)C=4)c32. The summed E-state index contributed by atoms with van der Waals surface area (Å²) in [5.74, 6) is 0. The highest BCUT2D eigenvalue weighted by atomic mass is 14.3. The van der Waals surface area contributed by atoms with Crippen LogP contribution in [0.25, 0.3) is 27.6 Å². The zero-order valence-corrected chi connectivity index (χ0v) is 12.7. The van der Waals surface area contributed by atoms with Crippen LogP contribution in [0.15, 0.2) is 30.3 Å². The lowest BCUT2D eigenvalue weighted by Crippen LogP contribution is -2.23. The molecule has 20 heavy (non-hydrogen) atoms. The molecule has 0 radical (unpaired) electrons. The zero-order valence-electron chi connectivity index (χ0n) is 12.7. The van der Waals surface area contributed by atoms with Gasteiger partial charge in [-0.3, -0.25) is 0 Å². The molecule has 0 heteroatoms. The molecule has 3 aromatic carbocycles. The van der Waals surface area contributed by atoms with Gasteiger partial charge in [0.2, 0.25) is 0 Å². The summed E-state index contributed by atoms with van der Waals surface area (Å²) in [5.41, 5.74) is 4.64. The molecule has 100 valence electrons. The molecule has 4 rings (SSSR count). The van der Waals surface area contributed by atoms with Crippen molar-refractivity contribution in [2.24, 2.45) is 5.41 Å². The lowest BCUT2D eigenvalue weighted by atomic mass is 9.76. The van der Waals surface area contributed by atoms with Crippen LogP contribution in [0, 0.1) is 19.3 Å². The van der Waals surface area contributed by atoms with Crippen LogP contribution in [0.2, 0.25) is 0 Å². The maximum Gasteiger partial charge on any atom is -0.00273 e. The van der Waals surface area contributed by atoms with Crippen LogP contribution in [0.3, 0.4) is 0 Å². The van der Waals surface area contributed by atoms with Crippen LogP contribution in [0.4, 0.5) is 0 Å². The highest BCUT2D eigenvalue weighted by Crippen LogP contribution is 2.37. The van der Waals surface area contributed by atoms with Crippen molar-refractivity contribution in [3.63, 3.8) is 0 Å². The first kappa shape index (κ1) is 12.0. The molecular weight excluding hydrogens is 240 g/mol. The zero-order chi connectivity index (χ0) is 14.1. The van der Waals surface area contributed by atoms with Crippen molar-refractivity contribution in [2.45, 2.75) is 34.1 Å². The van der Waals surface area contributed by atoms with Crippen LogP contribution in [0.1, 0.15) is 30.5 Å². The highest BCUT2D eigenvalue weighted by molar-refractivity contribution is 6.13. The van der Waals surface area contributed by atoms with Crippen LogP contribution >= 0.6 is 0 Å². The van der Waals surface area contributed by atoms with Gasteiger partial charge in [0.1, 0.15) is 0 Å². The third kappa shape index (κ3) is 1.48. The Kier molecular flexibility index (Phi) is 2.17. The Balaban J connectivity index is 2.37. The van der Waals surface area contributed by atoms with Gasteiger partial charge in [0.15, 0.2) is 0 Å². The van der Waals surface area contributed by atoms with Gasteiger partial charge in [0.25, 0.3) is 0 Å². The van der Waals surface area contributed by atoms with Gasteiger partial charge < -0.3 is 0 Å². The number of hydrogen-bond acceptors (Lipinski definition) is 0. The smallest absolute Gasteiger partial charge is 0.00273 e. The molecule has 0 bridgehead atoms. The van der Waals surface area contributed by atoms with E-state index in [0.717, 1.165) is 6.42 Å². The minimum atomic E-state index is 0.256. The average molecular weight is 260 g/mol. The van der Waals surface area contributed by atoms with Crippen LogP contribution in [-0.2, 0) is 6.42 Å². The molecule has 0 amide bonds. The van der Waals surface area contributed by atoms with Gasteiger partial charge in [-0.25, -0.2) is 0 Å². The van der Waals surface area contributed by atoms with Crippen LogP contribution in [0.5, 0.6) is 0 Å². The Labute approximate surface area is 120 Å². The largest absolute Gasteiger partial charge is 0.0706 e. The molecule has 0 atom stereocenters. The summed E-state index contributed by atoms with van der Waals surface area (Å²) in [6.45, 7) is 9.17. The number of aryl methyl sites for hydroxylation is 2. The lowest BCUT2D eigenvalue weighted by Gasteiger charge is -2.28. The van der Waals surface area contributed by atoms with Crippen molar-refractivity contribution in [1.29, 1.82) is 0 Å². The van der Waals surface area contributed by atoms with Gasteiger partial charge in [0, 0.05) is 0 Å². The molecule has 1 aliphatic rings. The second-order valence-corrected chi connectivity index (χ2v) is 7.04. The van der Waals surface area contributed by atoms with Crippen LogP contribution < -0.4 is 5.22 Å². The summed E-state index contributed by atoms with van der Waals surface area (Å²) < 4.78 is 0. The number of benzene rings is 3. The molecule has 0 aromatic heterocycles. The second-order valence-electron chi connectivity index (χ2n) is 7.04. The molecule has 0 fully saturated rings. The Bertz CT molecular complexity index is 910. The Morgan fingerprint density at radius 3 is 2.45 bits per heavy atom. The summed E-state index contributed by atoms with van der Waals surface area (Å²) in [5, 5.41) is 7.19. The summed E-state index contributed by atoms with van der Waals surface area (Å²) in [6.07, 6.45) is 3.60. The normalized spacial score (nSPS) is 16.6. The fraction of sp³-hybridized carbons (Fsp3) is 0.300. The van der Waals surface area contributed by atoms with Gasteiger partial charge in [-0.2, -0.15) is 0 Å². The minimum absolute atomic E-state index is 0.256. The average Bonchev–Trinajstić information content (AvgIpc) is 2.38. The third-order valence-electron chi connectivity index (χ3n) is 4.79. The number of hydrogen-bond donors (Lipinski definition) is 0. The first-order valence-electron chi connectivity index (χ1n) is 7.43. The van der Waals surface area contributed by atoms with E-state index in [-0.39, 0.29) is 5.41 Å². The molecule has 0 unspecified atom stereocenters. The van der Waals surface area contributed by atoms with E-state index in [1.807, 2.05) is 0 Å². The lowest BCUT2D eigenvalue weighted by molar-refractivity contribution is 0.510. The second kappa shape index (κ2) is 3.63. The van der Waals surface area contributed by atoms with Gasteiger partial charge in [-0.1, -0.05) is 50.3 Å². The van der Waals surface area contributed by atoms with E-state index in [2.05, 4.69) is 64.1 Å². The Hall–Kier alpha value is -1.82. The van der Waals surface area contributed by atoms with Crippen molar-refractivity contribution in [3.05, 3.63) is 52.2 Å². The first-order valence-corrected chi connectivity index (χ1v) is 7.43. The van der Waals surface area contributed by atoms with E-state index in [1.54, 1.807) is 5.56 Å². The molecule has 0 nitrogen and oxygen atoms in total. The molecule has 0 saturated carbocycles. The molecule has 3 aromatic rings. The Morgan fingerprint density at radius 1 is 0.900 bits per heavy atom. The van der Waals surface area contributed by atoms with Gasteiger partial charge in [-0.05, 0) is 69.1 Å². The third-order valence-corrected chi connectivity index (χ3v) is 4.79. The van der Waals surface area contributed by atoms with Crippen molar-refractivity contribution in [2.75, 3.05) is 0 Å². The molecular formula is C20H20. The van der Waals surface area contributed by atoms with E-state index in [4.69, 9.17) is 0 Å². The van der Waals surface area contributed by atoms with Crippen molar-refractivity contribution >= 4 is 27.6 Å². The van der Waals surface area contributed by atoms with Crippen molar-refractivity contribution < 1.29 is 0 Å². The van der Waals surface area contributed by atoms with Crippen LogP contribution in [-0.4, -0.2) is 0 Å². The minimum Gasteiger partial charge on any atom is -0.0706 e. The van der Waals surface area contributed by atoms with Crippen molar-refractivity contribution in [3.8, 4) is 0 Å². The molecule has 1 aliphatic carbocycles.